The number of urea groups is 1. The van der Waals surface area contributed by atoms with E-state index in [1.807, 2.05) is 0 Å². The van der Waals surface area contributed by atoms with E-state index in [2.05, 4.69) is 5.32 Å². The van der Waals surface area contributed by atoms with Gasteiger partial charge in [0.15, 0.2) is 0 Å². The van der Waals surface area contributed by atoms with Gasteiger partial charge in [-0.2, -0.15) is 13.2 Å². The van der Waals surface area contributed by atoms with Crippen molar-refractivity contribution in [1.29, 1.82) is 0 Å². The molecule has 0 radical (unpaired) electrons. The van der Waals surface area contributed by atoms with Crippen LogP contribution in [0.4, 0.5) is 18.0 Å². The van der Waals surface area contributed by atoms with Crippen LogP contribution in [0.2, 0.25) is 0 Å². The number of halogens is 3. The lowest BCUT2D eigenvalue weighted by Gasteiger charge is -2.25. The Labute approximate surface area is 96.6 Å². The molecule has 0 spiro atoms. The molecule has 0 aliphatic heterocycles. The zero-order valence-corrected chi connectivity index (χ0v) is 9.76. The highest BCUT2D eigenvalue weighted by atomic mass is 19.4. The van der Waals surface area contributed by atoms with E-state index in [-0.39, 0.29) is 0 Å². The number of carbonyl (C=O) groups excluding carboxylic acids is 1. The Morgan fingerprint density at radius 2 is 1.76 bits per heavy atom. The van der Waals surface area contributed by atoms with Gasteiger partial charge in [0.05, 0.1) is 6.42 Å². The van der Waals surface area contributed by atoms with Crippen LogP contribution < -0.4 is 5.32 Å². The molecule has 0 aliphatic carbocycles. The van der Waals surface area contributed by atoms with Crippen molar-refractivity contribution in [3.8, 4) is 0 Å². The molecule has 2 amide bonds. The van der Waals surface area contributed by atoms with Crippen LogP contribution in [0.1, 0.15) is 20.3 Å². The third kappa shape index (κ3) is 5.98. The smallest absolute Gasteiger partial charge is 0.390 e. The van der Waals surface area contributed by atoms with Crippen LogP contribution in [0, 0.1) is 0 Å². The number of hydrogen-bond donors (Lipinski definition) is 2. The fourth-order valence-electron chi connectivity index (χ4n) is 0.812. The van der Waals surface area contributed by atoms with Crippen molar-refractivity contribution in [2.24, 2.45) is 0 Å². The highest BCUT2D eigenvalue weighted by Gasteiger charge is 2.32. The minimum absolute atomic E-state index is 0.523. The SMILES string of the molecule is CN(CCC(F)(F)F)C(=O)NC(C)(C)C(=O)O. The second kappa shape index (κ2) is 5.24. The van der Waals surface area contributed by atoms with E-state index >= 15 is 0 Å². The molecular weight excluding hydrogens is 241 g/mol. The average molecular weight is 256 g/mol. The van der Waals surface area contributed by atoms with E-state index in [0.717, 1.165) is 4.90 Å². The van der Waals surface area contributed by atoms with Gasteiger partial charge >= 0.3 is 18.2 Å². The lowest BCUT2D eigenvalue weighted by atomic mass is 10.1. The summed E-state index contributed by atoms with van der Waals surface area (Å²) in [4.78, 5) is 22.8. The topological polar surface area (TPSA) is 69.6 Å². The third-order valence-corrected chi connectivity index (χ3v) is 2.03. The van der Waals surface area contributed by atoms with Gasteiger partial charge < -0.3 is 15.3 Å². The second-order valence-corrected chi connectivity index (χ2v) is 4.15. The van der Waals surface area contributed by atoms with Crippen LogP contribution in [0.3, 0.4) is 0 Å². The summed E-state index contributed by atoms with van der Waals surface area (Å²) in [5.74, 6) is -1.27. The number of alkyl halides is 3. The van der Waals surface area contributed by atoms with Crippen molar-refractivity contribution in [3.05, 3.63) is 0 Å². The van der Waals surface area contributed by atoms with Gasteiger partial charge in [-0.15, -0.1) is 0 Å². The minimum Gasteiger partial charge on any atom is -0.480 e. The summed E-state index contributed by atoms with van der Waals surface area (Å²) in [5, 5.41) is 10.8. The lowest BCUT2D eigenvalue weighted by molar-refractivity contribution is -0.143. The number of carboxylic acid groups (broad SMARTS) is 1. The predicted octanol–water partition coefficient (Wildman–Crippen LogP) is 1.44. The molecule has 0 saturated heterocycles. The first-order valence-corrected chi connectivity index (χ1v) is 4.79. The Balaban J connectivity index is 4.29. The second-order valence-electron chi connectivity index (χ2n) is 4.15. The maximum Gasteiger partial charge on any atom is 0.390 e. The van der Waals surface area contributed by atoms with Crippen LogP contribution in [0.5, 0.6) is 0 Å². The predicted molar refractivity (Wildman–Crippen MR) is 53.5 cm³/mol. The molecule has 0 atom stereocenters. The van der Waals surface area contributed by atoms with Crippen LogP contribution >= 0.6 is 0 Å². The molecule has 0 unspecified atom stereocenters. The number of nitrogens with one attached hydrogen (secondary N) is 1. The monoisotopic (exact) mass is 256 g/mol. The maximum absolute atomic E-state index is 11.9. The van der Waals surface area contributed by atoms with Crippen LogP contribution in [-0.2, 0) is 4.79 Å². The minimum atomic E-state index is -4.35. The Morgan fingerprint density at radius 3 is 2.12 bits per heavy atom. The summed E-state index contributed by atoms with van der Waals surface area (Å²) in [6.07, 6.45) is -5.48. The van der Waals surface area contributed by atoms with E-state index in [0.29, 0.717) is 0 Å². The molecule has 0 bridgehead atoms. The van der Waals surface area contributed by atoms with Gasteiger partial charge in [-0.05, 0) is 13.8 Å². The first-order chi connectivity index (χ1) is 7.46. The number of rotatable bonds is 4. The van der Waals surface area contributed by atoms with Crippen LogP contribution in [0.15, 0.2) is 0 Å². The summed E-state index contributed by atoms with van der Waals surface area (Å²) in [5.41, 5.74) is -1.52. The summed E-state index contributed by atoms with van der Waals surface area (Å²) in [6.45, 7) is 1.96. The fraction of sp³-hybridized carbons (Fsp3) is 0.778. The van der Waals surface area contributed by atoms with Gasteiger partial charge in [-0.25, -0.2) is 9.59 Å². The fourth-order valence-corrected chi connectivity index (χ4v) is 0.812. The van der Waals surface area contributed by atoms with Gasteiger partial charge in [0.2, 0.25) is 0 Å². The van der Waals surface area contributed by atoms with Crippen LogP contribution in [0.25, 0.3) is 0 Å². The lowest BCUT2D eigenvalue weighted by Crippen LogP contribution is -2.53. The third-order valence-electron chi connectivity index (χ3n) is 2.03. The Morgan fingerprint density at radius 1 is 1.29 bits per heavy atom. The zero-order valence-electron chi connectivity index (χ0n) is 9.76. The zero-order chi connectivity index (χ0) is 13.9. The number of amides is 2. The number of hydrogen-bond acceptors (Lipinski definition) is 2. The quantitative estimate of drug-likeness (QED) is 0.799. The standard InChI is InChI=1S/C9H15F3N2O3/c1-8(2,6(15)16)13-7(17)14(3)5-4-9(10,11)12/h4-5H2,1-3H3,(H,13,17)(H,15,16). The molecule has 0 aliphatic rings. The van der Waals surface area contributed by atoms with Gasteiger partial charge in [0, 0.05) is 13.6 Å². The van der Waals surface area contributed by atoms with E-state index in [1.165, 1.54) is 20.9 Å². The first kappa shape index (κ1) is 15.5. The van der Waals surface area contributed by atoms with Crippen molar-refractivity contribution in [3.63, 3.8) is 0 Å². The summed E-state index contributed by atoms with van der Waals surface area (Å²) < 4.78 is 35.7. The number of carbonyl (C=O) groups is 2. The largest absolute Gasteiger partial charge is 0.480 e. The van der Waals surface area contributed by atoms with Crippen molar-refractivity contribution >= 4 is 12.0 Å². The van der Waals surface area contributed by atoms with Gasteiger partial charge in [-0.3, -0.25) is 0 Å². The molecule has 2 N–H and O–H groups in total. The number of carboxylic acids is 1. The molecule has 0 heterocycles. The van der Waals surface area contributed by atoms with Gasteiger partial charge in [0.1, 0.15) is 5.54 Å². The summed E-state index contributed by atoms with van der Waals surface area (Å²) in [6, 6.07) is -0.860. The van der Waals surface area contributed by atoms with E-state index in [9.17, 15) is 22.8 Å². The van der Waals surface area contributed by atoms with Crippen molar-refractivity contribution in [2.75, 3.05) is 13.6 Å². The van der Waals surface area contributed by atoms with Gasteiger partial charge in [-0.1, -0.05) is 0 Å². The number of aliphatic carboxylic acids is 1. The Bertz CT molecular complexity index is 302. The van der Waals surface area contributed by atoms with Crippen molar-refractivity contribution in [1.82, 2.24) is 10.2 Å². The molecule has 8 heteroatoms. The molecule has 0 fully saturated rings. The summed E-state index contributed by atoms with van der Waals surface area (Å²) in [7, 11) is 1.17. The Hall–Kier alpha value is -1.47. The molecule has 100 valence electrons. The van der Waals surface area contributed by atoms with Crippen LogP contribution in [-0.4, -0.2) is 47.3 Å². The van der Waals surface area contributed by atoms with Crippen molar-refractivity contribution < 1.29 is 27.9 Å². The number of nitrogens with zero attached hydrogens (tertiary/aromatic N) is 1. The molecule has 17 heavy (non-hydrogen) atoms. The highest BCUT2D eigenvalue weighted by Crippen LogP contribution is 2.19. The molecule has 0 rings (SSSR count). The summed E-state index contributed by atoms with van der Waals surface area (Å²) >= 11 is 0. The molecular formula is C9H15F3N2O3. The average Bonchev–Trinajstić information content (AvgIpc) is 2.11. The molecule has 0 aromatic heterocycles. The van der Waals surface area contributed by atoms with E-state index in [1.54, 1.807) is 0 Å². The maximum atomic E-state index is 11.9. The first-order valence-electron chi connectivity index (χ1n) is 4.79. The Kier molecular flexibility index (Phi) is 4.79. The molecule has 5 nitrogen and oxygen atoms in total. The molecule has 0 aromatic rings. The van der Waals surface area contributed by atoms with E-state index < -0.39 is 36.7 Å². The highest BCUT2D eigenvalue weighted by molar-refractivity contribution is 5.85. The normalized spacial score (nSPS) is 12.1. The molecule has 0 aromatic carbocycles. The molecule has 0 saturated carbocycles. The van der Waals surface area contributed by atoms with Gasteiger partial charge in [0.25, 0.3) is 0 Å². The van der Waals surface area contributed by atoms with Crippen molar-refractivity contribution in [2.45, 2.75) is 32.0 Å². The van der Waals surface area contributed by atoms with E-state index in [4.69, 9.17) is 5.11 Å².